The van der Waals surface area contributed by atoms with Crippen LogP contribution in [-0.2, 0) is 15.1 Å². The number of imide groups is 1. The molecule has 1 aliphatic heterocycles. The minimum absolute atomic E-state index is 0.270. The molecule has 1 atom stereocenters. The van der Waals surface area contributed by atoms with Crippen LogP contribution in [-0.4, -0.2) is 35.8 Å². The fourth-order valence-electron chi connectivity index (χ4n) is 2.62. The molecule has 0 aliphatic carbocycles. The molecule has 0 bridgehead atoms. The summed E-state index contributed by atoms with van der Waals surface area (Å²) < 4.78 is 0. The van der Waals surface area contributed by atoms with Gasteiger partial charge in [-0.05, 0) is 31.4 Å². The molecule has 1 aliphatic rings. The van der Waals surface area contributed by atoms with Crippen molar-refractivity contribution in [3.63, 3.8) is 0 Å². The first-order valence-electron chi connectivity index (χ1n) is 8.01. The molecule has 1 heterocycles. The number of carbonyl (C=O) groups is 3. The lowest BCUT2D eigenvalue weighted by Crippen LogP contribution is -2.43. The van der Waals surface area contributed by atoms with Crippen LogP contribution in [0, 0.1) is 5.92 Å². The van der Waals surface area contributed by atoms with E-state index in [-0.39, 0.29) is 17.5 Å². The average molecular weight is 386 g/mol. The van der Waals surface area contributed by atoms with Gasteiger partial charge in [0.1, 0.15) is 12.1 Å². The zero-order valence-electron chi connectivity index (χ0n) is 14.4. The van der Waals surface area contributed by atoms with Gasteiger partial charge in [-0.3, -0.25) is 14.5 Å². The maximum Gasteiger partial charge on any atom is 0.325 e. The number of nitrogens with one attached hydrogen (secondary N) is 2. The second kappa shape index (κ2) is 7.62. The Morgan fingerprint density at radius 1 is 1.32 bits per heavy atom. The van der Waals surface area contributed by atoms with Gasteiger partial charge in [0.2, 0.25) is 5.91 Å². The van der Waals surface area contributed by atoms with Crippen molar-refractivity contribution in [1.82, 2.24) is 15.5 Å². The lowest BCUT2D eigenvalue weighted by atomic mass is 9.92. The van der Waals surface area contributed by atoms with Crippen molar-refractivity contribution in [2.45, 2.75) is 32.7 Å². The molecular formula is C17H21Cl2N3O3. The van der Waals surface area contributed by atoms with E-state index in [1.54, 1.807) is 19.1 Å². The number of urea groups is 1. The van der Waals surface area contributed by atoms with Crippen LogP contribution in [0.2, 0.25) is 10.0 Å². The normalized spacial score (nSPS) is 20.2. The minimum atomic E-state index is -1.34. The quantitative estimate of drug-likeness (QED) is 0.738. The van der Waals surface area contributed by atoms with Crippen LogP contribution in [0.5, 0.6) is 0 Å². The van der Waals surface area contributed by atoms with Gasteiger partial charge in [0.15, 0.2) is 0 Å². The minimum Gasteiger partial charge on any atom is -0.355 e. The lowest BCUT2D eigenvalue weighted by molar-refractivity contribution is -0.134. The second-order valence-corrected chi connectivity index (χ2v) is 7.45. The Morgan fingerprint density at radius 3 is 2.60 bits per heavy atom. The zero-order valence-corrected chi connectivity index (χ0v) is 15.9. The molecule has 6 nitrogen and oxygen atoms in total. The predicted molar refractivity (Wildman–Crippen MR) is 96.5 cm³/mol. The molecule has 1 aromatic carbocycles. The molecule has 4 amide bonds. The van der Waals surface area contributed by atoms with Crippen molar-refractivity contribution in [3.05, 3.63) is 33.8 Å². The number of nitrogens with zero attached hydrogens (tertiary/aromatic N) is 1. The number of hydrogen-bond acceptors (Lipinski definition) is 3. The van der Waals surface area contributed by atoms with Gasteiger partial charge >= 0.3 is 6.03 Å². The first-order chi connectivity index (χ1) is 11.6. The van der Waals surface area contributed by atoms with Crippen molar-refractivity contribution < 1.29 is 14.4 Å². The van der Waals surface area contributed by atoms with Gasteiger partial charge in [-0.1, -0.05) is 43.1 Å². The fourth-order valence-corrected chi connectivity index (χ4v) is 3.22. The van der Waals surface area contributed by atoms with Crippen LogP contribution in [0.15, 0.2) is 18.2 Å². The maximum atomic E-state index is 12.8. The van der Waals surface area contributed by atoms with Gasteiger partial charge in [0, 0.05) is 22.2 Å². The summed E-state index contributed by atoms with van der Waals surface area (Å²) in [6.07, 6.45) is 0.823. The highest BCUT2D eigenvalue weighted by molar-refractivity contribution is 6.35. The van der Waals surface area contributed by atoms with Gasteiger partial charge in [0.05, 0.1) is 0 Å². The van der Waals surface area contributed by atoms with Gasteiger partial charge in [-0.2, -0.15) is 0 Å². The van der Waals surface area contributed by atoms with Crippen LogP contribution in [0.1, 0.15) is 32.8 Å². The molecule has 0 saturated carbocycles. The topological polar surface area (TPSA) is 78.5 Å². The second-order valence-electron chi connectivity index (χ2n) is 6.60. The summed E-state index contributed by atoms with van der Waals surface area (Å²) in [5.41, 5.74) is -0.906. The summed E-state index contributed by atoms with van der Waals surface area (Å²) in [6, 6.07) is 4.06. The summed E-state index contributed by atoms with van der Waals surface area (Å²) in [5.74, 6) is -0.455. The molecule has 25 heavy (non-hydrogen) atoms. The molecule has 136 valence electrons. The Bertz CT molecular complexity index is 708. The zero-order chi connectivity index (χ0) is 18.8. The van der Waals surface area contributed by atoms with E-state index in [9.17, 15) is 14.4 Å². The van der Waals surface area contributed by atoms with Crippen molar-refractivity contribution in [1.29, 1.82) is 0 Å². The SMILES string of the molecule is CC(C)CCNC(=O)CN1C(=O)N[C@](C)(c2ccc(Cl)cc2Cl)C1=O. The number of amides is 4. The van der Waals surface area contributed by atoms with E-state index in [0.29, 0.717) is 23.0 Å². The van der Waals surface area contributed by atoms with E-state index in [1.807, 2.05) is 13.8 Å². The van der Waals surface area contributed by atoms with E-state index in [4.69, 9.17) is 23.2 Å². The standard InChI is InChI=1S/C17H21Cl2N3O3/c1-10(2)6-7-20-14(23)9-22-15(24)17(3,21-16(22)25)12-5-4-11(18)8-13(12)19/h4-5,8,10H,6-7,9H2,1-3H3,(H,20,23)(H,21,25)/t17-/m1/s1. The van der Waals surface area contributed by atoms with E-state index in [2.05, 4.69) is 10.6 Å². The number of rotatable bonds is 6. The highest BCUT2D eigenvalue weighted by atomic mass is 35.5. The average Bonchev–Trinajstić information content (AvgIpc) is 2.71. The molecule has 1 aromatic rings. The van der Waals surface area contributed by atoms with Crippen molar-refractivity contribution >= 4 is 41.0 Å². The Morgan fingerprint density at radius 2 is 2.00 bits per heavy atom. The molecule has 8 heteroatoms. The fraction of sp³-hybridized carbons (Fsp3) is 0.471. The largest absolute Gasteiger partial charge is 0.355 e. The molecular weight excluding hydrogens is 365 g/mol. The van der Waals surface area contributed by atoms with E-state index in [0.717, 1.165) is 11.3 Å². The van der Waals surface area contributed by atoms with Gasteiger partial charge in [-0.25, -0.2) is 4.79 Å². The Labute approximate surface area is 156 Å². The predicted octanol–water partition coefficient (Wildman–Crippen LogP) is 2.92. The maximum absolute atomic E-state index is 12.8. The third-order valence-electron chi connectivity index (χ3n) is 4.09. The molecule has 1 fully saturated rings. The summed E-state index contributed by atoms with van der Waals surface area (Å²) in [5, 5.41) is 6.02. The summed E-state index contributed by atoms with van der Waals surface area (Å²) in [7, 11) is 0. The van der Waals surface area contributed by atoms with E-state index < -0.39 is 17.5 Å². The van der Waals surface area contributed by atoms with Crippen molar-refractivity contribution in [3.8, 4) is 0 Å². The number of hydrogen-bond donors (Lipinski definition) is 2. The Balaban J connectivity index is 2.12. The third-order valence-corrected chi connectivity index (χ3v) is 4.64. The Hall–Kier alpha value is -1.79. The Kier molecular flexibility index (Phi) is 5.95. The van der Waals surface area contributed by atoms with Crippen LogP contribution < -0.4 is 10.6 Å². The van der Waals surface area contributed by atoms with Gasteiger partial charge < -0.3 is 10.6 Å². The van der Waals surface area contributed by atoms with Crippen molar-refractivity contribution in [2.75, 3.05) is 13.1 Å². The summed E-state index contributed by atoms with van der Waals surface area (Å²) >= 11 is 12.1. The molecule has 2 rings (SSSR count). The van der Waals surface area contributed by atoms with Crippen LogP contribution >= 0.6 is 23.2 Å². The van der Waals surface area contributed by atoms with Gasteiger partial charge in [-0.15, -0.1) is 0 Å². The molecule has 0 radical (unpaired) electrons. The molecule has 2 N–H and O–H groups in total. The highest BCUT2D eigenvalue weighted by Crippen LogP contribution is 2.34. The summed E-state index contributed by atoms with van der Waals surface area (Å²) in [6.45, 7) is 5.82. The van der Waals surface area contributed by atoms with Crippen LogP contribution in [0.3, 0.4) is 0 Å². The molecule has 0 unspecified atom stereocenters. The molecule has 1 saturated heterocycles. The highest BCUT2D eigenvalue weighted by Gasteiger charge is 2.50. The third kappa shape index (κ3) is 4.25. The van der Waals surface area contributed by atoms with E-state index >= 15 is 0 Å². The molecule has 0 spiro atoms. The van der Waals surface area contributed by atoms with Crippen LogP contribution in [0.4, 0.5) is 4.79 Å². The first-order valence-corrected chi connectivity index (χ1v) is 8.77. The van der Waals surface area contributed by atoms with E-state index in [1.165, 1.54) is 6.07 Å². The smallest absolute Gasteiger partial charge is 0.325 e. The van der Waals surface area contributed by atoms with Crippen molar-refractivity contribution in [2.24, 2.45) is 5.92 Å². The summed E-state index contributed by atoms with van der Waals surface area (Å²) in [4.78, 5) is 37.9. The number of benzene rings is 1. The van der Waals surface area contributed by atoms with Crippen LogP contribution in [0.25, 0.3) is 0 Å². The molecule has 0 aromatic heterocycles. The number of carbonyl (C=O) groups excluding carboxylic acids is 3. The monoisotopic (exact) mass is 385 g/mol. The number of halogens is 2. The lowest BCUT2D eigenvalue weighted by Gasteiger charge is -2.23. The first kappa shape index (κ1) is 19.5. The van der Waals surface area contributed by atoms with Gasteiger partial charge in [0.25, 0.3) is 5.91 Å².